The predicted molar refractivity (Wildman–Crippen MR) is 190 cm³/mol. The first kappa shape index (κ1) is 44.8. The minimum atomic E-state index is -4.53. The number of ether oxygens (including phenoxy) is 6. The van der Waals surface area contributed by atoms with Crippen molar-refractivity contribution in [2.75, 3.05) is 66.1 Å². The summed E-state index contributed by atoms with van der Waals surface area (Å²) in [5.74, 6) is 1.07. The fourth-order valence-corrected chi connectivity index (χ4v) is 6.12. The van der Waals surface area contributed by atoms with Gasteiger partial charge in [-0.25, -0.2) is 8.42 Å². The first-order valence-corrected chi connectivity index (χ1v) is 19.5. The average Bonchev–Trinajstić information content (AvgIpc) is 3.09. The quantitative estimate of drug-likeness (QED) is 0.0708. The van der Waals surface area contributed by atoms with Crippen molar-refractivity contribution in [2.45, 2.75) is 49.3 Å². The number of unbranched alkanes of at least 4 members (excludes halogenated alkanes) is 2. The normalized spacial score (nSPS) is 11.5. The third-order valence-electron chi connectivity index (χ3n) is 7.23. The number of hydrogen-bond donors (Lipinski definition) is 1. The van der Waals surface area contributed by atoms with Crippen molar-refractivity contribution < 1.29 is 83.9 Å². The second-order valence-electron chi connectivity index (χ2n) is 11.0. The Labute approximate surface area is 323 Å². The van der Waals surface area contributed by atoms with Crippen LogP contribution in [-0.4, -0.2) is 92.0 Å². The molecule has 0 atom stereocenters. The number of benzene rings is 4. The molecule has 12 nitrogen and oxygen atoms in total. The first-order valence-electron chi connectivity index (χ1n) is 16.6. The van der Waals surface area contributed by atoms with Crippen LogP contribution in [0.15, 0.2) is 82.6 Å². The smallest absolute Gasteiger partial charge is 0.744 e. The predicted octanol–water partition coefficient (Wildman–Crippen LogP) is 3.26. The van der Waals surface area contributed by atoms with Crippen LogP contribution in [0.5, 0.6) is 11.5 Å². The molecule has 51 heavy (non-hydrogen) atoms. The first-order chi connectivity index (χ1) is 24.1. The van der Waals surface area contributed by atoms with E-state index in [4.69, 9.17) is 28.4 Å². The minimum Gasteiger partial charge on any atom is -0.744 e. The van der Waals surface area contributed by atoms with Crippen molar-refractivity contribution in [3.05, 3.63) is 72.8 Å². The molecule has 0 aromatic heterocycles. The second kappa shape index (κ2) is 24.1. The van der Waals surface area contributed by atoms with Gasteiger partial charge in [0.25, 0.3) is 10.1 Å². The van der Waals surface area contributed by atoms with E-state index < -0.39 is 20.2 Å². The zero-order valence-corrected chi connectivity index (χ0v) is 33.2. The van der Waals surface area contributed by atoms with Gasteiger partial charge >= 0.3 is 29.6 Å². The van der Waals surface area contributed by atoms with E-state index in [-0.39, 0.29) is 39.3 Å². The van der Waals surface area contributed by atoms with Gasteiger partial charge in [-0.1, -0.05) is 75.2 Å². The Kier molecular flexibility index (Phi) is 21.2. The summed E-state index contributed by atoms with van der Waals surface area (Å²) in [6, 6.07) is 19.3. The summed E-state index contributed by atoms with van der Waals surface area (Å²) in [6.45, 7) is 9.32. The molecule has 0 amide bonds. The van der Waals surface area contributed by atoms with Gasteiger partial charge in [0.2, 0.25) is 0 Å². The van der Waals surface area contributed by atoms with Crippen LogP contribution in [0.25, 0.3) is 21.5 Å². The molecule has 4 aromatic carbocycles. The molecular formula is C36H47NaO12S2. The summed E-state index contributed by atoms with van der Waals surface area (Å²) in [7, 11) is -8.82. The largest absolute Gasteiger partial charge is 1.00 e. The van der Waals surface area contributed by atoms with Crippen LogP contribution in [0.3, 0.4) is 0 Å². The molecule has 0 aliphatic rings. The summed E-state index contributed by atoms with van der Waals surface area (Å²) < 4.78 is 99.3. The summed E-state index contributed by atoms with van der Waals surface area (Å²) >= 11 is 0. The number of fused-ring (bicyclic) bond motifs is 2. The summed E-state index contributed by atoms with van der Waals surface area (Å²) in [5.41, 5.74) is 0. The second-order valence-corrected chi connectivity index (χ2v) is 13.7. The molecular weight excluding hydrogens is 712 g/mol. The van der Waals surface area contributed by atoms with Gasteiger partial charge in [0.1, 0.15) is 39.7 Å². The van der Waals surface area contributed by atoms with Crippen molar-refractivity contribution in [2.24, 2.45) is 0 Å². The van der Waals surface area contributed by atoms with Crippen LogP contribution in [0, 0.1) is 0 Å². The number of rotatable bonds is 22. The summed E-state index contributed by atoms with van der Waals surface area (Å²) in [6.07, 6.45) is 4.31. The Morgan fingerprint density at radius 1 is 0.510 bits per heavy atom. The van der Waals surface area contributed by atoms with Crippen molar-refractivity contribution >= 4 is 41.8 Å². The molecule has 0 saturated heterocycles. The molecule has 0 radical (unpaired) electrons. The summed E-state index contributed by atoms with van der Waals surface area (Å²) in [4.78, 5) is -0.369. The molecule has 0 spiro atoms. The minimum absolute atomic E-state index is 0. The van der Waals surface area contributed by atoms with Gasteiger partial charge < -0.3 is 33.0 Å². The fourth-order valence-electron chi connectivity index (χ4n) is 4.74. The van der Waals surface area contributed by atoms with Gasteiger partial charge in [-0.05, 0) is 37.1 Å². The van der Waals surface area contributed by atoms with E-state index in [1.807, 2.05) is 0 Å². The molecule has 1 N–H and O–H groups in total. The molecule has 0 unspecified atom stereocenters. The van der Waals surface area contributed by atoms with Crippen molar-refractivity contribution in [1.29, 1.82) is 0 Å². The van der Waals surface area contributed by atoms with Crippen LogP contribution < -0.4 is 39.0 Å². The van der Waals surface area contributed by atoms with Gasteiger partial charge in [-0.15, -0.1) is 0 Å². The fraction of sp³-hybridized carbons (Fsp3) is 0.444. The van der Waals surface area contributed by atoms with Gasteiger partial charge in [0, 0.05) is 34.8 Å². The van der Waals surface area contributed by atoms with Gasteiger partial charge in [-0.2, -0.15) is 8.42 Å². The van der Waals surface area contributed by atoms with Gasteiger partial charge in [0.05, 0.1) is 44.5 Å². The SMILES string of the molecule is CCCCOCCOCCOc1ccc(S(=O)(=O)O)c2ccccc12.CCCCOCCOCCOc1ccc(S(=O)(=O)[O-])c2ccccc12.[Na+]. The molecule has 0 aliphatic carbocycles. The monoisotopic (exact) mass is 758 g/mol. The maximum absolute atomic E-state index is 11.5. The van der Waals surface area contributed by atoms with Crippen LogP contribution in [0.2, 0.25) is 0 Å². The van der Waals surface area contributed by atoms with E-state index in [1.54, 1.807) is 54.6 Å². The van der Waals surface area contributed by atoms with E-state index in [0.717, 1.165) is 38.9 Å². The molecule has 0 heterocycles. The molecule has 276 valence electrons. The molecule has 4 rings (SSSR count). The van der Waals surface area contributed by atoms with Gasteiger partial charge in [-0.3, -0.25) is 4.55 Å². The molecule has 0 fully saturated rings. The van der Waals surface area contributed by atoms with Crippen LogP contribution >= 0.6 is 0 Å². The molecule has 15 heteroatoms. The Morgan fingerprint density at radius 2 is 0.863 bits per heavy atom. The molecule has 0 saturated carbocycles. The third-order valence-corrected chi connectivity index (χ3v) is 9.04. The van der Waals surface area contributed by atoms with Gasteiger partial charge in [0.15, 0.2) is 0 Å². The van der Waals surface area contributed by atoms with E-state index in [9.17, 15) is 25.9 Å². The zero-order valence-electron chi connectivity index (χ0n) is 29.6. The van der Waals surface area contributed by atoms with Crippen molar-refractivity contribution in [3.8, 4) is 11.5 Å². The van der Waals surface area contributed by atoms with E-state index in [1.165, 1.54) is 18.2 Å². The third kappa shape index (κ3) is 15.7. The van der Waals surface area contributed by atoms with Crippen LogP contribution in [0.4, 0.5) is 0 Å². The number of hydrogen-bond acceptors (Lipinski definition) is 11. The van der Waals surface area contributed by atoms with Crippen molar-refractivity contribution in [1.82, 2.24) is 0 Å². The van der Waals surface area contributed by atoms with Crippen LogP contribution in [0.1, 0.15) is 39.5 Å². The van der Waals surface area contributed by atoms with E-state index >= 15 is 0 Å². The Bertz CT molecular complexity index is 1680. The molecule has 0 aliphatic heterocycles. The Balaban J connectivity index is 0.000000347. The van der Waals surface area contributed by atoms with Crippen molar-refractivity contribution in [3.63, 3.8) is 0 Å². The standard InChI is InChI=1S/2C18H24O6S.Na/c2*1-2-3-10-22-11-12-23-13-14-24-17-8-9-18(25(19,20)21)16-7-5-4-6-15(16)17;/h2*4-9H,2-3,10-14H2,1H3,(H,19,20,21);/q;;+1/p-1. The van der Waals surface area contributed by atoms with Crippen LogP contribution in [-0.2, 0) is 39.2 Å². The Morgan fingerprint density at radius 3 is 1.25 bits per heavy atom. The van der Waals surface area contributed by atoms with E-state index in [0.29, 0.717) is 85.9 Å². The topological polar surface area (TPSA) is 167 Å². The van der Waals surface area contributed by atoms with E-state index in [2.05, 4.69) is 13.8 Å². The average molecular weight is 759 g/mol. The summed E-state index contributed by atoms with van der Waals surface area (Å²) in [5, 5.41) is 2.00. The zero-order chi connectivity index (χ0) is 36.2. The maximum atomic E-state index is 11.5. The molecule has 0 bridgehead atoms. The Hall–Kier alpha value is -2.34. The molecule has 4 aromatic rings. The maximum Gasteiger partial charge on any atom is 1.00 e.